The van der Waals surface area contributed by atoms with Gasteiger partial charge in [0.25, 0.3) is 5.91 Å². The third-order valence-corrected chi connectivity index (χ3v) is 7.77. The molecule has 2 saturated carbocycles. The van der Waals surface area contributed by atoms with Gasteiger partial charge in [-0.15, -0.1) is 0 Å². The summed E-state index contributed by atoms with van der Waals surface area (Å²) < 4.78 is 64.3. The molecule has 1 aromatic heterocycles. The molecule has 1 heterocycles. The Hall–Kier alpha value is -4.17. The van der Waals surface area contributed by atoms with Gasteiger partial charge < -0.3 is 25.8 Å². The number of nitrogens with one attached hydrogen (secondary N) is 3. The average molecular weight is 640 g/mol. The van der Waals surface area contributed by atoms with E-state index in [0.717, 1.165) is 37.8 Å². The van der Waals surface area contributed by atoms with Crippen molar-refractivity contribution in [3.8, 4) is 0 Å². The van der Waals surface area contributed by atoms with E-state index in [9.17, 15) is 37.5 Å². The van der Waals surface area contributed by atoms with Gasteiger partial charge in [0.05, 0.1) is 5.69 Å². The van der Waals surface area contributed by atoms with E-state index in [1.165, 1.54) is 37.7 Å². The highest BCUT2D eigenvalue weighted by Crippen LogP contribution is 2.51. The van der Waals surface area contributed by atoms with E-state index in [-0.39, 0.29) is 23.4 Å². The van der Waals surface area contributed by atoms with E-state index in [4.69, 9.17) is 4.74 Å². The molecule has 3 amide bonds. The molecule has 4 rings (SSSR count). The molecule has 11 nitrogen and oxygen atoms in total. The van der Waals surface area contributed by atoms with Crippen molar-refractivity contribution in [3.05, 3.63) is 47.5 Å². The number of anilines is 1. The number of nitrogens with zero attached hydrogens (tertiary/aromatic N) is 2. The van der Waals surface area contributed by atoms with Gasteiger partial charge in [-0.05, 0) is 94.9 Å². The Morgan fingerprint density at radius 2 is 1.64 bits per heavy atom. The number of carboxylic acids is 1. The first-order chi connectivity index (χ1) is 21.0. The molecular weight excluding hydrogens is 602 g/mol. The molecule has 2 aliphatic carbocycles. The highest BCUT2D eigenvalue weighted by molar-refractivity contribution is 6.01. The van der Waals surface area contributed by atoms with Crippen LogP contribution < -0.4 is 16.0 Å². The zero-order valence-corrected chi connectivity index (χ0v) is 25.3. The Kier molecular flexibility index (Phi) is 9.78. The Labute approximate surface area is 257 Å². The smallest absolute Gasteiger partial charge is 0.408 e. The largest absolute Gasteiger partial charge is 0.480 e. The molecule has 0 saturated heterocycles. The maximum atomic E-state index is 15.4. The number of hydrogen-bond donors (Lipinski definition) is 4. The van der Waals surface area contributed by atoms with Crippen molar-refractivity contribution >= 4 is 29.6 Å². The zero-order chi connectivity index (χ0) is 33.3. The van der Waals surface area contributed by atoms with Crippen LogP contribution in [0.4, 0.5) is 28.0 Å². The molecule has 0 aliphatic heterocycles. The van der Waals surface area contributed by atoms with E-state index < -0.39 is 70.7 Å². The van der Waals surface area contributed by atoms with Gasteiger partial charge in [0, 0.05) is 12.7 Å². The molecule has 4 N–H and O–H groups in total. The van der Waals surface area contributed by atoms with Crippen LogP contribution in [-0.4, -0.2) is 62.6 Å². The van der Waals surface area contributed by atoms with E-state index >= 15 is 4.39 Å². The summed E-state index contributed by atoms with van der Waals surface area (Å²) in [6, 6.07) is 0.0997. The monoisotopic (exact) mass is 639 g/mol. The normalized spacial score (nSPS) is 17.3. The Balaban J connectivity index is 1.59. The predicted octanol–water partition coefficient (Wildman–Crippen LogP) is 4.84. The Bertz CT molecular complexity index is 1420. The molecular formula is C30H37F4N5O6. The summed E-state index contributed by atoms with van der Waals surface area (Å²) in [5.74, 6) is -7.24. The fraction of sp³-hybridized carbons (Fsp3) is 0.567. The standard InChI is InChI=1S/C30H37F4N5O6/c1-5-39-20(12-13-35-39)25(40)37-23(21(15-6-7-15)16-8-9-16)26(41)36-19-11-10-17(14-18(19)31)22(30(32,33)34)24(27(42)43)38-28(44)45-29(2,3)4/h10-16,21-24H,5-9H2,1-4H3,(H,36,41)(H,37,40)(H,38,44)(H,42,43)/t22?,23-,24?/m0/s1. The highest BCUT2D eigenvalue weighted by Gasteiger charge is 2.51. The highest BCUT2D eigenvalue weighted by atomic mass is 19.4. The molecule has 3 atom stereocenters. The molecule has 246 valence electrons. The molecule has 0 bridgehead atoms. The number of carboxylic acid groups (broad SMARTS) is 1. The first kappa shape index (κ1) is 33.7. The molecule has 1 aromatic carbocycles. The molecule has 45 heavy (non-hydrogen) atoms. The predicted molar refractivity (Wildman–Crippen MR) is 153 cm³/mol. The lowest BCUT2D eigenvalue weighted by atomic mass is 9.88. The number of benzene rings is 1. The summed E-state index contributed by atoms with van der Waals surface area (Å²) in [7, 11) is 0. The number of alkyl carbamates (subject to hydrolysis) is 1. The molecule has 15 heteroatoms. The van der Waals surface area contributed by atoms with Crippen LogP contribution in [0.5, 0.6) is 0 Å². The van der Waals surface area contributed by atoms with Crippen LogP contribution in [0.25, 0.3) is 0 Å². The quantitative estimate of drug-likeness (QED) is 0.243. The molecule has 0 radical (unpaired) electrons. The third-order valence-electron chi connectivity index (χ3n) is 7.77. The average Bonchev–Trinajstić information content (AvgIpc) is 3.86. The number of rotatable bonds is 12. The number of carbonyl (C=O) groups is 4. The minimum atomic E-state index is -5.22. The number of alkyl halides is 3. The number of aryl methyl sites for hydroxylation is 1. The number of amides is 3. The van der Waals surface area contributed by atoms with Gasteiger partial charge in [-0.3, -0.25) is 14.3 Å². The fourth-order valence-corrected chi connectivity index (χ4v) is 5.55. The zero-order valence-electron chi connectivity index (χ0n) is 25.3. The second-order valence-electron chi connectivity index (χ2n) is 12.4. The van der Waals surface area contributed by atoms with Crippen molar-refractivity contribution in [2.75, 3.05) is 5.32 Å². The van der Waals surface area contributed by atoms with E-state index in [1.807, 2.05) is 0 Å². The van der Waals surface area contributed by atoms with Gasteiger partial charge in [-0.1, -0.05) is 6.07 Å². The summed E-state index contributed by atoms with van der Waals surface area (Å²) in [4.78, 5) is 50.8. The van der Waals surface area contributed by atoms with Crippen LogP contribution in [0.1, 0.15) is 75.3 Å². The lowest BCUT2D eigenvalue weighted by Crippen LogP contribution is -2.50. The van der Waals surface area contributed by atoms with Crippen LogP contribution in [-0.2, 0) is 20.9 Å². The van der Waals surface area contributed by atoms with Gasteiger partial charge >= 0.3 is 18.2 Å². The van der Waals surface area contributed by atoms with E-state index in [1.54, 1.807) is 12.2 Å². The number of halogens is 4. The first-order valence-corrected chi connectivity index (χ1v) is 14.7. The van der Waals surface area contributed by atoms with Gasteiger partial charge in [-0.25, -0.2) is 14.0 Å². The van der Waals surface area contributed by atoms with Gasteiger partial charge in [-0.2, -0.15) is 18.3 Å². The van der Waals surface area contributed by atoms with Crippen LogP contribution in [0, 0.1) is 23.6 Å². The topological polar surface area (TPSA) is 152 Å². The van der Waals surface area contributed by atoms with Crippen molar-refractivity contribution in [2.45, 2.75) is 89.7 Å². The van der Waals surface area contributed by atoms with Gasteiger partial charge in [0.15, 0.2) is 0 Å². The summed E-state index contributed by atoms with van der Waals surface area (Å²) in [6.07, 6.45) is -1.68. The van der Waals surface area contributed by atoms with E-state index in [0.29, 0.717) is 12.6 Å². The number of carbonyl (C=O) groups excluding carboxylic acids is 3. The van der Waals surface area contributed by atoms with Crippen molar-refractivity contribution < 1.29 is 46.6 Å². The number of aliphatic carboxylic acids is 1. The Morgan fingerprint density at radius 1 is 1.02 bits per heavy atom. The molecule has 0 spiro atoms. The number of ether oxygens (including phenoxy) is 1. The second-order valence-corrected chi connectivity index (χ2v) is 12.4. The molecule has 2 unspecified atom stereocenters. The van der Waals surface area contributed by atoms with Gasteiger partial charge in [0.1, 0.15) is 35.1 Å². The maximum absolute atomic E-state index is 15.4. The maximum Gasteiger partial charge on any atom is 0.408 e. The molecule has 2 aromatic rings. The van der Waals surface area contributed by atoms with Crippen molar-refractivity contribution in [1.82, 2.24) is 20.4 Å². The summed E-state index contributed by atoms with van der Waals surface area (Å²) in [5.41, 5.74) is -2.14. The van der Waals surface area contributed by atoms with Crippen LogP contribution in [0.3, 0.4) is 0 Å². The summed E-state index contributed by atoms with van der Waals surface area (Å²) in [6.45, 7) is 6.54. The number of aromatic nitrogens is 2. The van der Waals surface area contributed by atoms with Crippen molar-refractivity contribution in [3.63, 3.8) is 0 Å². The first-order valence-electron chi connectivity index (χ1n) is 14.7. The molecule has 2 fully saturated rings. The second kappa shape index (κ2) is 13.1. The fourth-order valence-electron chi connectivity index (χ4n) is 5.55. The summed E-state index contributed by atoms with van der Waals surface area (Å²) in [5, 5.41) is 20.6. The van der Waals surface area contributed by atoms with Crippen LogP contribution in [0.15, 0.2) is 30.5 Å². The number of hydrogen-bond acceptors (Lipinski definition) is 6. The third kappa shape index (κ3) is 8.51. The van der Waals surface area contributed by atoms with Crippen molar-refractivity contribution in [1.29, 1.82) is 0 Å². The van der Waals surface area contributed by atoms with Crippen LogP contribution >= 0.6 is 0 Å². The van der Waals surface area contributed by atoms with Gasteiger partial charge in [0.2, 0.25) is 5.91 Å². The van der Waals surface area contributed by atoms with Crippen LogP contribution in [0.2, 0.25) is 0 Å². The Morgan fingerprint density at radius 3 is 2.13 bits per heavy atom. The SMILES string of the molecule is CCn1nccc1C(=O)N[C@H](C(=O)Nc1ccc(C(C(NC(=O)OC(C)(C)C)C(=O)O)C(F)(F)F)cc1F)C(C1CC1)C1CC1. The van der Waals surface area contributed by atoms with E-state index in [2.05, 4.69) is 15.7 Å². The minimum Gasteiger partial charge on any atom is -0.480 e. The lowest BCUT2D eigenvalue weighted by molar-refractivity contribution is -0.169. The lowest BCUT2D eigenvalue weighted by Gasteiger charge is -2.29. The molecule has 2 aliphatic rings. The minimum absolute atomic E-state index is 0.190. The van der Waals surface area contributed by atoms with Crippen molar-refractivity contribution in [2.24, 2.45) is 17.8 Å². The summed E-state index contributed by atoms with van der Waals surface area (Å²) >= 11 is 0.